The summed E-state index contributed by atoms with van der Waals surface area (Å²) in [6, 6.07) is 18.9. The molecule has 0 fully saturated rings. The second kappa shape index (κ2) is 7.60. The molecule has 0 aliphatic heterocycles. The van der Waals surface area contributed by atoms with Gasteiger partial charge in [0.25, 0.3) is 5.91 Å². The molecule has 3 aromatic carbocycles. The summed E-state index contributed by atoms with van der Waals surface area (Å²) >= 11 is 0. The molecule has 0 unspecified atom stereocenters. The minimum Gasteiger partial charge on any atom is -0.350 e. The van der Waals surface area contributed by atoms with Crippen molar-refractivity contribution in [2.75, 3.05) is 20.6 Å². The van der Waals surface area contributed by atoms with E-state index in [1.54, 1.807) is 24.3 Å². The molecule has 0 spiro atoms. The number of nitrogens with zero attached hydrogens (tertiary/aromatic N) is 1. The first-order chi connectivity index (χ1) is 14.0. The van der Waals surface area contributed by atoms with Crippen molar-refractivity contribution < 1.29 is 14.0 Å². The lowest BCUT2D eigenvalue weighted by atomic mass is 10.0. The van der Waals surface area contributed by atoms with Gasteiger partial charge in [-0.15, -0.1) is 0 Å². The summed E-state index contributed by atoms with van der Waals surface area (Å²) in [5.74, 6) is -0.631. The van der Waals surface area contributed by atoms with E-state index in [4.69, 9.17) is 0 Å². The number of rotatable bonds is 5. The summed E-state index contributed by atoms with van der Waals surface area (Å²) in [7, 11) is 3.76. The molecule has 0 bridgehead atoms. The minimum atomic E-state index is -0.308. The van der Waals surface area contributed by atoms with Crippen LogP contribution in [0, 0.1) is 5.82 Å². The molecule has 1 aliphatic carbocycles. The average Bonchev–Trinajstić information content (AvgIpc) is 3.00. The highest BCUT2D eigenvalue weighted by atomic mass is 19.1. The molecular formula is C24H21FN2O2. The Morgan fingerprint density at radius 3 is 2.38 bits per heavy atom. The number of benzene rings is 3. The highest BCUT2D eigenvalue weighted by Gasteiger charge is 2.27. The van der Waals surface area contributed by atoms with Gasteiger partial charge in [0, 0.05) is 23.2 Å². The zero-order valence-electron chi connectivity index (χ0n) is 16.3. The van der Waals surface area contributed by atoms with Gasteiger partial charge in [-0.2, -0.15) is 0 Å². The first-order valence-electron chi connectivity index (χ1n) is 9.44. The smallest absolute Gasteiger partial charge is 0.251 e. The van der Waals surface area contributed by atoms with Crippen LogP contribution in [0.4, 0.5) is 4.39 Å². The zero-order chi connectivity index (χ0) is 20.5. The number of amides is 1. The van der Waals surface area contributed by atoms with Gasteiger partial charge in [-0.1, -0.05) is 42.5 Å². The maximum Gasteiger partial charge on any atom is 0.251 e. The highest BCUT2D eigenvalue weighted by Crippen LogP contribution is 2.36. The van der Waals surface area contributed by atoms with Crippen LogP contribution in [0.15, 0.2) is 66.7 Å². The van der Waals surface area contributed by atoms with Gasteiger partial charge in [-0.05, 0) is 55.1 Å². The van der Waals surface area contributed by atoms with Crippen molar-refractivity contribution >= 4 is 11.7 Å². The Bertz CT molecular complexity index is 1110. The molecule has 4 nitrogen and oxygen atoms in total. The van der Waals surface area contributed by atoms with Gasteiger partial charge >= 0.3 is 0 Å². The number of hydrogen-bond donors (Lipinski definition) is 1. The van der Waals surface area contributed by atoms with Gasteiger partial charge < -0.3 is 10.2 Å². The summed E-state index contributed by atoms with van der Waals surface area (Å²) in [6.07, 6.45) is 0. The minimum absolute atomic E-state index is 0.0591. The summed E-state index contributed by atoms with van der Waals surface area (Å²) < 4.78 is 13.6. The van der Waals surface area contributed by atoms with Crippen molar-refractivity contribution in [3.05, 3.63) is 94.8 Å². The molecule has 3 aromatic rings. The highest BCUT2D eigenvalue weighted by molar-refractivity contribution is 6.22. The van der Waals surface area contributed by atoms with Crippen molar-refractivity contribution in [2.45, 2.75) is 6.04 Å². The third-order valence-corrected chi connectivity index (χ3v) is 5.30. The molecule has 1 aliphatic rings. The zero-order valence-corrected chi connectivity index (χ0v) is 16.3. The van der Waals surface area contributed by atoms with Crippen LogP contribution >= 0.6 is 0 Å². The van der Waals surface area contributed by atoms with Crippen molar-refractivity contribution in [1.82, 2.24) is 10.2 Å². The topological polar surface area (TPSA) is 49.4 Å². The summed E-state index contributed by atoms with van der Waals surface area (Å²) in [5.41, 5.74) is 4.19. The van der Waals surface area contributed by atoms with Crippen LogP contribution in [0.25, 0.3) is 11.1 Å². The molecule has 29 heavy (non-hydrogen) atoms. The second-order valence-corrected chi connectivity index (χ2v) is 7.38. The number of fused-ring (bicyclic) bond motifs is 3. The first kappa shape index (κ1) is 19.0. The third kappa shape index (κ3) is 3.57. The Hall–Kier alpha value is -3.31. The summed E-state index contributed by atoms with van der Waals surface area (Å²) in [4.78, 5) is 27.3. The lowest BCUT2D eigenvalue weighted by Crippen LogP contribution is -2.34. The van der Waals surface area contributed by atoms with Crippen molar-refractivity contribution in [1.29, 1.82) is 0 Å². The number of halogens is 1. The molecule has 0 saturated carbocycles. The van der Waals surface area contributed by atoms with Gasteiger partial charge in [0.2, 0.25) is 0 Å². The molecule has 1 atom stereocenters. The number of ketones is 1. The number of likely N-dealkylation sites (N-methyl/N-ethyl adjacent to an activating group) is 1. The van der Waals surface area contributed by atoms with E-state index in [9.17, 15) is 14.0 Å². The maximum atomic E-state index is 13.6. The van der Waals surface area contributed by atoms with Crippen LogP contribution in [0.2, 0.25) is 0 Å². The number of nitrogens with one attached hydrogen (secondary N) is 1. The van der Waals surface area contributed by atoms with Crippen molar-refractivity contribution in [3.8, 4) is 11.1 Å². The van der Waals surface area contributed by atoms with Crippen LogP contribution in [0.3, 0.4) is 0 Å². The molecule has 0 heterocycles. The predicted octanol–water partition coefficient (Wildman–Crippen LogP) is 4.07. The van der Waals surface area contributed by atoms with E-state index in [-0.39, 0.29) is 23.5 Å². The van der Waals surface area contributed by atoms with E-state index in [0.717, 1.165) is 16.7 Å². The Morgan fingerprint density at radius 2 is 1.66 bits per heavy atom. The van der Waals surface area contributed by atoms with Crippen molar-refractivity contribution in [2.24, 2.45) is 0 Å². The molecule has 5 heteroatoms. The van der Waals surface area contributed by atoms with Crippen LogP contribution in [-0.2, 0) is 0 Å². The van der Waals surface area contributed by atoms with E-state index in [2.05, 4.69) is 5.32 Å². The fourth-order valence-electron chi connectivity index (χ4n) is 3.77. The van der Waals surface area contributed by atoms with Crippen LogP contribution < -0.4 is 5.32 Å². The van der Waals surface area contributed by atoms with E-state index in [1.807, 2.05) is 49.3 Å². The van der Waals surface area contributed by atoms with Gasteiger partial charge in [0.05, 0.1) is 6.04 Å². The van der Waals surface area contributed by atoms with Gasteiger partial charge in [0.1, 0.15) is 5.82 Å². The SMILES string of the molecule is CN(C)[C@@H](CNC(=O)c1ccc2c(c1)C(=O)c1ccccc1-2)c1cccc(F)c1. The third-order valence-electron chi connectivity index (χ3n) is 5.30. The van der Waals surface area contributed by atoms with Gasteiger partial charge in [-0.25, -0.2) is 4.39 Å². The number of hydrogen-bond acceptors (Lipinski definition) is 3. The predicted molar refractivity (Wildman–Crippen MR) is 110 cm³/mol. The molecular weight excluding hydrogens is 367 g/mol. The summed E-state index contributed by atoms with van der Waals surface area (Å²) in [5, 5.41) is 2.91. The Kier molecular flexibility index (Phi) is 4.99. The maximum absolute atomic E-state index is 13.6. The Labute approximate surface area is 169 Å². The average molecular weight is 388 g/mol. The van der Waals surface area contributed by atoms with Crippen LogP contribution in [0.5, 0.6) is 0 Å². The largest absolute Gasteiger partial charge is 0.350 e. The van der Waals surface area contributed by atoms with E-state index in [1.165, 1.54) is 12.1 Å². The lowest BCUT2D eigenvalue weighted by Gasteiger charge is -2.25. The summed E-state index contributed by atoms with van der Waals surface area (Å²) in [6.45, 7) is 0.320. The molecule has 1 N–H and O–H groups in total. The van der Waals surface area contributed by atoms with Crippen LogP contribution in [0.1, 0.15) is 37.9 Å². The van der Waals surface area contributed by atoms with Crippen molar-refractivity contribution in [3.63, 3.8) is 0 Å². The van der Waals surface area contributed by atoms with E-state index in [0.29, 0.717) is 23.2 Å². The molecule has 146 valence electrons. The fourth-order valence-corrected chi connectivity index (χ4v) is 3.77. The molecule has 4 rings (SSSR count). The van der Waals surface area contributed by atoms with Gasteiger partial charge in [0.15, 0.2) is 5.78 Å². The van der Waals surface area contributed by atoms with Crippen LogP contribution in [-0.4, -0.2) is 37.2 Å². The molecule has 0 aromatic heterocycles. The lowest BCUT2D eigenvalue weighted by molar-refractivity contribution is 0.0942. The monoisotopic (exact) mass is 388 g/mol. The Morgan fingerprint density at radius 1 is 0.931 bits per heavy atom. The quantitative estimate of drug-likeness (QED) is 0.561. The second-order valence-electron chi connectivity index (χ2n) is 7.38. The van der Waals surface area contributed by atoms with Gasteiger partial charge in [-0.3, -0.25) is 9.59 Å². The standard InChI is InChI=1S/C24H21FN2O2/c1-27(2)22(15-6-5-7-17(25)12-15)14-26-24(29)16-10-11-19-18-8-3-4-9-20(18)23(28)21(19)13-16/h3-13,22H,14H2,1-2H3,(H,26,29)/t22-/m0/s1. The van der Waals surface area contributed by atoms with E-state index >= 15 is 0 Å². The number of carbonyl (C=O) groups excluding carboxylic acids is 2. The Balaban J connectivity index is 1.53. The normalized spacial score (nSPS) is 13.2. The number of carbonyl (C=O) groups is 2. The first-order valence-corrected chi connectivity index (χ1v) is 9.44. The molecule has 1 amide bonds. The molecule has 0 radical (unpaired) electrons. The van der Waals surface area contributed by atoms with E-state index < -0.39 is 0 Å². The molecule has 0 saturated heterocycles. The fraction of sp³-hybridized carbons (Fsp3) is 0.167.